The molecule has 0 unspecified atom stereocenters. The Labute approximate surface area is 819 Å². The lowest BCUT2D eigenvalue weighted by Gasteiger charge is -2.21. The molecule has 664 valence electrons. The molecule has 28 aromatic rings. The van der Waals surface area contributed by atoms with Gasteiger partial charge in [-0.15, -0.1) is 11.3 Å². The highest BCUT2D eigenvalue weighted by Gasteiger charge is 2.40. The van der Waals surface area contributed by atoms with Crippen LogP contribution in [0.5, 0.6) is 0 Å². The highest BCUT2D eigenvalue weighted by Crippen LogP contribution is 2.58. The number of para-hydroxylation sites is 7. The van der Waals surface area contributed by atoms with Crippen LogP contribution in [0, 0.1) is 0 Å². The monoisotopic (exact) mass is 1820 g/mol. The summed E-state index contributed by atoms with van der Waals surface area (Å²) in [7, 11) is 0. The SMILES string of the molecule is CC1(C)c2ccccc2-c2c1ccc1c2ccc2c3ccccc3n(-c3ccc(-c4ccc5c(c4)c4ccccc4n5-c4ccccc4)cc3)c12.CC1(C)c2ccccc2-c2c1ccc1c2ccc2c3ccccc3n(-c3ccc(-c4cccc5c4sc4ccccc45)cc3)c12.CC1(C)c2ccccc2-c2c1ccc1c2ccc2c3ccccc3n(-c3ccc4c(c3)c3ccccc3n4-c3ccccc3)c12. The van der Waals surface area contributed by atoms with E-state index in [4.69, 9.17) is 0 Å². The van der Waals surface area contributed by atoms with Gasteiger partial charge in [0.05, 0.1) is 55.2 Å². The van der Waals surface area contributed by atoms with Crippen molar-refractivity contribution >= 4 is 173 Å². The first kappa shape index (κ1) is 81.1. The third kappa shape index (κ3) is 11.7. The van der Waals surface area contributed by atoms with Crippen LogP contribution in [0.1, 0.15) is 74.9 Å². The molecule has 3 aliphatic carbocycles. The summed E-state index contributed by atoms with van der Waals surface area (Å²) in [6, 6.07) is 168. The van der Waals surface area contributed by atoms with Crippen LogP contribution < -0.4 is 0 Å². The minimum absolute atomic E-state index is 0.0190. The molecule has 22 aromatic carbocycles. The van der Waals surface area contributed by atoms with Gasteiger partial charge in [-0.25, -0.2) is 0 Å². The average molecular weight is 1820 g/mol. The Bertz CT molecular complexity index is 10200. The standard InChI is InChI=1S/C49H34N2.C43H30N2.C43H29NS/c1-49(2)42-17-9-6-16-40(42)47-37-25-26-38-35-14-7-11-19-45(35)51(48(38)39(37)27-28-43(47)49)34-23-20-31(21-24-34)32-22-29-46-41(30-32)36-15-8-10-18-44(36)50(46)33-12-4-3-5-13-33;1-43(2)36-17-9-6-16-34(36)41-31-21-22-32-29-14-7-11-19-39(29)45(42(32)33(31)23-24-37(41)43)28-20-25-40-35(26-28)30-15-8-10-18-38(30)44(40)27-12-4-3-5-13-27;1-43(2)36-15-6-3-12-35(36)40-31-22-23-32-29-10-4-7-16-38(29)44(41(32)33(31)24-25-37(40)43)27-20-18-26(19-21-27)28-13-9-14-34-30-11-5-8-17-39(30)45-42(28)34/h3-30H,1-2H3;3-26H,1-2H3;3-25H,1-2H3. The third-order valence-corrected chi connectivity index (χ3v) is 33.3. The predicted octanol–water partition coefficient (Wildman–Crippen LogP) is 36.6. The quantitative estimate of drug-likeness (QED) is 0.152. The summed E-state index contributed by atoms with van der Waals surface area (Å²) in [4.78, 5) is 0. The second-order valence-corrected chi connectivity index (χ2v) is 41.4. The maximum absolute atomic E-state index is 2.50. The molecule has 0 bridgehead atoms. The van der Waals surface area contributed by atoms with Gasteiger partial charge in [0, 0.05) is 135 Å². The zero-order valence-corrected chi connectivity index (χ0v) is 79.8. The fraction of sp³-hybridized carbons (Fsp3) is 0.0667. The molecule has 3 aliphatic rings. The molecular weight excluding hydrogens is 1720 g/mol. The molecule has 6 heterocycles. The number of rotatable bonds is 7. The lowest BCUT2D eigenvalue weighted by atomic mass is 9.82. The van der Waals surface area contributed by atoms with Crippen LogP contribution >= 0.6 is 11.3 Å². The van der Waals surface area contributed by atoms with Crippen molar-refractivity contribution in [2.24, 2.45) is 0 Å². The molecule has 6 heteroatoms. The van der Waals surface area contributed by atoms with Crippen molar-refractivity contribution in [3.05, 3.63) is 488 Å². The fourth-order valence-corrected chi connectivity index (χ4v) is 26.8. The Balaban J connectivity index is 0.000000102. The number of benzene rings is 22. The molecule has 0 radical (unpaired) electrons. The molecule has 0 fully saturated rings. The zero-order chi connectivity index (χ0) is 93.6. The summed E-state index contributed by atoms with van der Waals surface area (Å²) in [5.74, 6) is 0. The molecule has 31 rings (SSSR count). The fourth-order valence-electron chi connectivity index (χ4n) is 25.5. The van der Waals surface area contributed by atoms with E-state index in [0.717, 1.165) is 0 Å². The summed E-state index contributed by atoms with van der Waals surface area (Å²) in [5, 5.41) is 23.3. The number of thiophene rings is 1. The first-order valence-electron chi connectivity index (χ1n) is 49.4. The molecule has 0 aliphatic heterocycles. The molecular formula is C135H93N5S. The van der Waals surface area contributed by atoms with E-state index in [1.807, 2.05) is 11.3 Å². The van der Waals surface area contributed by atoms with Gasteiger partial charge in [-0.2, -0.15) is 0 Å². The first-order chi connectivity index (χ1) is 69.3. The average Bonchev–Trinajstić information content (AvgIpc) is 1.54. The topological polar surface area (TPSA) is 24.6 Å². The van der Waals surface area contributed by atoms with Gasteiger partial charge >= 0.3 is 0 Å². The Hall–Kier alpha value is -17.2. The number of aromatic nitrogens is 5. The van der Waals surface area contributed by atoms with Crippen LogP contribution in [-0.2, 0) is 16.2 Å². The van der Waals surface area contributed by atoms with E-state index in [-0.39, 0.29) is 16.2 Å². The normalized spacial score (nSPS) is 13.6. The van der Waals surface area contributed by atoms with Crippen molar-refractivity contribution in [2.45, 2.75) is 57.8 Å². The highest BCUT2D eigenvalue weighted by molar-refractivity contribution is 7.26. The molecule has 0 N–H and O–H groups in total. The van der Waals surface area contributed by atoms with Crippen molar-refractivity contribution in [1.82, 2.24) is 22.8 Å². The Morgan fingerprint density at radius 2 is 0.447 bits per heavy atom. The minimum Gasteiger partial charge on any atom is -0.309 e. The van der Waals surface area contributed by atoms with Crippen molar-refractivity contribution in [2.75, 3.05) is 0 Å². The molecule has 0 saturated heterocycles. The van der Waals surface area contributed by atoms with E-state index in [9.17, 15) is 0 Å². The summed E-state index contributed by atoms with van der Waals surface area (Å²) in [5.41, 5.74) is 39.9. The van der Waals surface area contributed by atoms with Crippen molar-refractivity contribution in [3.8, 4) is 84.1 Å². The van der Waals surface area contributed by atoms with Gasteiger partial charge in [0.15, 0.2) is 0 Å². The largest absolute Gasteiger partial charge is 0.309 e. The van der Waals surface area contributed by atoms with Crippen molar-refractivity contribution in [1.29, 1.82) is 0 Å². The van der Waals surface area contributed by atoms with Gasteiger partial charge in [0.25, 0.3) is 0 Å². The Morgan fingerprint density at radius 1 is 0.163 bits per heavy atom. The highest BCUT2D eigenvalue weighted by atomic mass is 32.1. The maximum atomic E-state index is 2.50. The van der Waals surface area contributed by atoms with E-state index < -0.39 is 0 Å². The minimum atomic E-state index is -0.0307. The molecule has 6 aromatic heterocycles. The van der Waals surface area contributed by atoms with Gasteiger partial charge in [0.2, 0.25) is 0 Å². The van der Waals surface area contributed by atoms with Gasteiger partial charge in [-0.05, 0) is 220 Å². The molecule has 141 heavy (non-hydrogen) atoms. The Kier molecular flexibility index (Phi) is 17.5. The van der Waals surface area contributed by atoms with E-state index in [1.165, 1.54) is 279 Å². The van der Waals surface area contributed by atoms with E-state index in [2.05, 4.69) is 519 Å². The summed E-state index contributed by atoms with van der Waals surface area (Å²) >= 11 is 1.89. The van der Waals surface area contributed by atoms with Crippen molar-refractivity contribution < 1.29 is 0 Å². The summed E-state index contributed by atoms with van der Waals surface area (Å²) in [6.45, 7) is 14.2. The third-order valence-electron chi connectivity index (χ3n) is 32.0. The lowest BCUT2D eigenvalue weighted by Crippen LogP contribution is -2.14. The van der Waals surface area contributed by atoms with Gasteiger partial charge in [-0.1, -0.05) is 381 Å². The van der Waals surface area contributed by atoms with Crippen LogP contribution in [0.25, 0.3) is 246 Å². The smallest absolute Gasteiger partial charge is 0.0619 e. The van der Waals surface area contributed by atoms with E-state index in [0.29, 0.717) is 0 Å². The molecule has 0 amide bonds. The van der Waals surface area contributed by atoms with E-state index >= 15 is 0 Å². The molecule has 5 nitrogen and oxygen atoms in total. The summed E-state index contributed by atoms with van der Waals surface area (Å²) in [6.07, 6.45) is 0. The van der Waals surface area contributed by atoms with Crippen LogP contribution in [0.3, 0.4) is 0 Å². The number of hydrogen-bond acceptors (Lipinski definition) is 1. The van der Waals surface area contributed by atoms with Gasteiger partial charge < -0.3 is 22.8 Å². The van der Waals surface area contributed by atoms with Crippen LogP contribution in [0.2, 0.25) is 0 Å². The van der Waals surface area contributed by atoms with Crippen LogP contribution in [0.15, 0.2) is 455 Å². The van der Waals surface area contributed by atoms with E-state index in [1.54, 1.807) is 0 Å². The van der Waals surface area contributed by atoms with Gasteiger partial charge in [0.1, 0.15) is 0 Å². The molecule has 0 atom stereocenters. The predicted molar refractivity (Wildman–Crippen MR) is 600 cm³/mol. The Morgan fingerprint density at radius 3 is 0.879 bits per heavy atom. The zero-order valence-electron chi connectivity index (χ0n) is 78.9. The van der Waals surface area contributed by atoms with Gasteiger partial charge in [-0.3, -0.25) is 0 Å². The number of nitrogens with zero attached hydrogens (tertiary/aromatic N) is 5. The maximum Gasteiger partial charge on any atom is 0.0619 e. The number of hydrogen-bond donors (Lipinski definition) is 0. The second-order valence-electron chi connectivity index (χ2n) is 40.4. The lowest BCUT2D eigenvalue weighted by molar-refractivity contribution is 0.660. The van der Waals surface area contributed by atoms with Crippen LogP contribution in [-0.4, -0.2) is 22.8 Å². The molecule has 0 spiro atoms. The van der Waals surface area contributed by atoms with Crippen LogP contribution in [0.4, 0.5) is 0 Å². The number of fused-ring (bicyclic) bond motifs is 36. The van der Waals surface area contributed by atoms with Crippen molar-refractivity contribution in [3.63, 3.8) is 0 Å². The first-order valence-corrected chi connectivity index (χ1v) is 50.2. The molecule has 0 saturated carbocycles. The summed E-state index contributed by atoms with van der Waals surface area (Å²) < 4.78 is 14.9. The second kappa shape index (κ2) is 30.4.